The Morgan fingerprint density at radius 3 is 2.65 bits per heavy atom. The first-order valence-corrected chi connectivity index (χ1v) is 7.50. The third kappa shape index (κ3) is 3.93. The Kier molecular flexibility index (Phi) is 4.95. The van der Waals surface area contributed by atoms with Crippen molar-refractivity contribution in [3.05, 3.63) is 40.0 Å². The van der Waals surface area contributed by atoms with Crippen LogP contribution in [0.5, 0.6) is 0 Å². The minimum Gasteiger partial charge on any atom is -0.354 e. The highest BCUT2D eigenvalue weighted by atomic mass is 79.9. The van der Waals surface area contributed by atoms with Crippen molar-refractivity contribution in [3.63, 3.8) is 0 Å². The van der Waals surface area contributed by atoms with E-state index in [1.807, 2.05) is 25.1 Å². The second-order valence-corrected chi connectivity index (χ2v) is 5.59. The molecule has 106 valence electrons. The molecular weight excluding hydrogens is 316 g/mol. The maximum absolute atomic E-state index is 4.47. The van der Waals surface area contributed by atoms with E-state index in [9.17, 15) is 0 Å². The van der Waals surface area contributed by atoms with Crippen molar-refractivity contribution < 1.29 is 0 Å². The van der Waals surface area contributed by atoms with Crippen molar-refractivity contribution in [3.8, 4) is 0 Å². The SMILES string of the molecule is CCCNc1nc(C)cc(Nc2ccc(Br)c(C)c2)n1. The fourth-order valence-electron chi connectivity index (χ4n) is 1.82. The van der Waals surface area contributed by atoms with E-state index in [-0.39, 0.29) is 0 Å². The molecule has 0 atom stereocenters. The molecule has 0 unspecified atom stereocenters. The summed E-state index contributed by atoms with van der Waals surface area (Å²) in [6, 6.07) is 8.07. The number of nitrogens with zero attached hydrogens (tertiary/aromatic N) is 2. The molecule has 0 radical (unpaired) electrons. The first-order chi connectivity index (χ1) is 9.58. The van der Waals surface area contributed by atoms with Crippen molar-refractivity contribution in [2.75, 3.05) is 17.2 Å². The van der Waals surface area contributed by atoms with E-state index < -0.39 is 0 Å². The van der Waals surface area contributed by atoms with Crippen LogP contribution in [0.2, 0.25) is 0 Å². The van der Waals surface area contributed by atoms with Gasteiger partial charge in [0.2, 0.25) is 5.95 Å². The van der Waals surface area contributed by atoms with Gasteiger partial charge in [-0.15, -0.1) is 0 Å². The molecule has 0 saturated carbocycles. The fraction of sp³-hybridized carbons (Fsp3) is 0.333. The molecule has 0 bridgehead atoms. The van der Waals surface area contributed by atoms with Crippen LogP contribution in [0.1, 0.15) is 24.6 Å². The van der Waals surface area contributed by atoms with Gasteiger partial charge in [-0.3, -0.25) is 0 Å². The largest absolute Gasteiger partial charge is 0.354 e. The number of nitrogens with one attached hydrogen (secondary N) is 2. The lowest BCUT2D eigenvalue weighted by Gasteiger charge is -2.10. The minimum atomic E-state index is 0.670. The summed E-state index contributed by atoms with van der Waals surface area (Å²) in [6.07, 6.45) is 1.05. The van der Waals surface area contributed by atoms with E-state index in [1.165, 1.54) is 5.56 Å². The zero-order valence-electron chi connectivity index (χ0n) is 12.0. The van der Waals surface area contributed by atoms with E-state index in [0.29, 0.717) is 5.95 Å². The van der Waals surface area contributed by atoms with Crippen LogP contribution in [0, 0.1) is 13.8 Å². The van der Waals surface area contributed by atoms with Crippen molar-refractivity contribution in [2.24, 2.45) is 0 Å². The molecule has 0 aliphatic rings. The van der Waals surface area contributed by atoms with Crippen LogP contribution in [-0.4, -0.2) is 16.5 Å². The van der Waals surface area contributed by atoms with Gasteiger partial charge in [0.05, 0.1) is 0 Å². The van der Waals surface area contributed by atoms with Gasteiger partial charge in [-0.1, -0.05) is 22.9 Å². The Hall–Kier alpha value is -1.62. The summed E-state index contributed by atoms with van der Waals surface area (Å²) in [5, 5.41) is 6.53. The van der Waals surface area contributed by atoms with Crippen LogP contribution in [0.25, 0.3) is 0 Å². The Morgan fingerprint density at radius 1 is 1.15 bits per heavy atom. The third-order valence-corrected chi connectivity index (χ3v) is 3.71. The molecule has 0 aliphatic carbocycles. The monoisotopic (exact) mass is 334 g/mol. The first kappa shape index (κ1) is 14.8. The van der Waals surface area contributed by atoms with Gasteiger partial charge in [-0.25, -0.2) is 4.98 Å². The molecule has 2 rings (SSSR count). The summed E-state index contributed by atoms with van der Waals surface area (Å²) in [7, 11) is 0. The summed E-state index contributed by atoms with van der Waals surface area (Å²) in [6.45, 7) is 7.03. The highest BCUT2D eigenvalue weighted by Gasteiger charge is 2.03. The van der Waals surface area contributed by atoms with E-state index in [2.05, 4.69) is 56.4 Å². The fourth-order valence-corrected chi connectivity index (χ4v) is 2.07. The zero-order chi connectivity index (χ0) is 14.5. The molecule has 0 amide bonds. The predicted octanol–water partition coefficient (Wildman–Crippen LogP) is 4.42. The van der Waals surface area contributed by atoms with Crippen LogP contribution in [0.3, 0.4) is 0 Å². The van der Waals surface area contributed by atoms with Crippen molar-refractivity contribution in [1.82, 2.24) is 9.97 Å². The predicted molar refractivity (Wildman–Crippen MR) is 87.7 cm³/mol. The van der Waals surface area contributed by atoms with Crippen LogP contribution in [0.4, 0.5) is 17.5 Å². The maximum Gasteiger partial charge on any atom is 0.224 e. The Morgan fingerprint density at radius 2 is 1.95 bits per heavy atom. The normalized spacial score (nSPS) is 10.4. The maximum atomic E-state index is 4.47. The molecule has 0 spiro atoms. The zero-order valence-corrected chi connectivity index (χ0v) is 13.6. The van der Waals surface area contributed by atoms with Gasteiger partial charge in [0.1, 0.15) is 5.82 Å². The number of hydrogen-bond acceptors (Lipinski definition) is 4. The molecule has 2 aromatic rings. The molecule has 5 heteroatoms. The average molecular weight is 335 g/mol. The Bertz CT molecular complexity index is 598. The van der Waals surface area contributed by atoms with E-state index in [4.69, 9.17) is 0 Å². The highest BCUT2D eigenvalue weighted by Crippen LogP contribution is 2.22. The molecule has 1 aromatic heterocycles. The first-order valence-electron chi connectivity index (χ1n) is 6.71. The molecule has 1 aromatic carbocycles. The summed E-state index contributed by atoms with van der Waals surface area (Å²) in [5.41, 5.74) is 3.14. The lowest BCUT2D eigenvalue weighted by molar-refractivity contribution is 0.947. The lowest BCUT2D eigenvalue weighted by Crippen LogP contribution is -2.06. The molecule has 0 saturated heterocycles. The smallest absolute Gasteiger partial charge is 0.224 e. The number of anilines is 3. The van der Waals surface area contributed by atoms with Crippen molar-refractivity contribution in [1.29, 1.82) is 0 Å². The van der Waals surface area contributed by atoms with Gasteiger partial charge >= 0.3 is 0 Å². The van der Waals surface area contributed by atoms with Crippen LogP contribution in [0.15, 0.2) is 28.7 Å². The topological polar surface area (TPSA) is 49.8 Å². The summed E-state index contributed by atoms with van der Waals surface area (Å²) < 4.78 is 1.10. The summed E-state index contributed by atoms with van der Waals surface area (Å²) in [4.78, 5) is 8.85. The number of aryl methyl sites for hydroxylation is 2. The minimum absolute atomic E-state index is 0.670. The van der Waals surface area contributed by atoms with E-state index in [1.54, 1.807) is 0 Å². The molecule has 2 N–H and O–H groups in total. The highest BCUT2D eigenvalue weighted by molar-refractivity contribution is 9.10. The number of hydrogen-bond donors (Lipinski definition) is 2. The molecular formula is C15H19BrN4. The molecule has 1 heterocycles. The van der Waals surface area contributed by atoms with Gasteiger partial charge in [0.15, 0.2) is 0 Å². The number of benzene rings is 1. The summed E-state index contributed by atoms with van der Waals surface area (Å²) >= 11 is 3.50. The number of rotatable bonds is 5. The Labute approximate surface area is 128 Å². The van der Waals surface area contributed by atoms with Gasteiger partial charge in [-0.05, 0) is 44.0 Å². The van der Waals surface area contributed by atoms with Gasteiger partial charge in [0, 0.05) is 28.5 Å². The van der Waals surface area contributed by atoms with E-state index >= 15 is 0 Å². The van der Waals surface area contributed by atoms with Gasteiger partial charge < -0.3 is 10.6 Å². The summed E-state index contributed by atoms with van der Waals surface area (Å²) in [5.74, 6) is 1.47. The van der Waals surface area contributed by atoms with Crippen LogP contribution < -0.4 is 10.6 Å². The van der Waals surface area contributed by atoms with Crippen molar-refractivity contribution >= 4 is 33.4 Å². The van der Waals surface area contributed by atoms with Gasteiger partial charge in [0.25, 0.3) is 0 Å². The van der Waals surface area contributed by atoms with Crippen LogP contribution >= 0.6 is 15.9 Å². The molecule has 0 aliphatic heterocycles. The number of aromatic nitrogens is 2. The quantitative estimate of drug-likeness (QED) is 0.849. The second kappa shape index (κ2) is 6.70. The van der Waals surface area contributed by atoms with E-state index in [0.717, 1.165) is 34.6 Å². The van der Waals surface area contributed by atoms with Crippen LogP contribution in [-0.2, 0) is 0 Å². The van der Waals surface area contributed by atoms with Crippen molar-refractivity contribution in [2.45, 2.75) is 27.2 Å². The standard InChI is InChI=1S/C15H19BrN4/c1-4-7-17-15-18-11(3)9-14(20-15)19-12-5-6-13(16)10(2)8-12/h5-6,8-9H,4,7H2,1-3H3,(H2,17,18,19,20). The third-order valence-electron chi connectivity index (χ3n) is 2.82. The average Bonchev–Trinajstić information content (AvgIpc) is 2.40. The molecule has 20 heavy (non-hydrogen) atoms. The molecule has 0 fully saturated rings. The second-order valence-electron chi connectivity index (χ2n) is 4.73. The number of halogens is 1. The van der Waals surface area contributed by atoms with Gasteiger partial charge in [-0.2, -0.15) is 4.98 Å². The lowest BCUT2D eigenvalue weighted by atomic mass is 10.2. The molecule has 4 nitrogen and oxygen atoms in total. The Balaban J connectivity index is 2.19.